The molecule has 5 nitrogen and oxygen atoms in total. The smallest absolute Gasteiger partial charge is 0.399 e. The Balaban J connectivity index is 2.95. The van der Waals surface area contributed by atoms with Crippen molar-refractivity contribution in [3.63, 3.8) is 0 Å². The molecule has 0 aromatic carbocycles. The van der Waals surface area contributed by atoms with Crippen LogP contribution in [0.1, 0.15) is 6.92 Å². The van der Waals surface area contributed by atoms with Crippen LogP contribution in [-0.2, 0) is 19.5 Å². The van der Waals surface area contributed by atoms with Gasteiger partial charge in [0.25, 0.3) is 10.0 Å². The third kappa shape index (κ3) is 1.62. The second-order valence-corrected chi connectivity index (χ2v) is 4.22. The number of rotatable bonds is 0. The van der Waals surface area contributed by atoms with Crippen molar-refractivity contribution in [2.24, 2.45) is 4.40 Å². The first-order valence-corrected chi connectivity index (χ1v) is 4.57. The molecule has 0 saturated heterocycles. The number of sulfonamides is 1. The summed E-state index contributed by atoms with van der Waals surface area (Å²) in [5, 5.41) is -0.582. The molecule has 6 heteroatoms. The largest absolute Gasteiger partial charge is 0.453 e. The quantitative estimate of drug-likeness (QED) is 0.513. The van der Waals surface area contributed by atoms with Crippen molar-refractivity contribution in [1.29, 1.82) is 0 Å². The molecule has 0 amide bonds. The fourth-order valence-corrected chi connectivity index (χ4v) is 1.35. The summed E-state index contributed by atoms with van der Waals surface area (Å²) in [6.45, 7) is 1.64. The molecule has 0 unspecified atom stereocenters. The van der Waals surface area contributed by atoms with E-state index in [2.05, 4.69) is 9.13 Å². The molecule has 0 bridgehead atoms. The SMILES string of the molecule is COC1=NS(=O)(=O)[C@@H](C)CO1. The first kappa shape index (κ1) is 8.32. The molecule has 0 aliphatic carbocycles. The maximum Gasteiger partial charge on any atom is 0.399 e. The molecule has 0 spiro atoms. The molecule has 1 rings (SSSR count). The second kappa shape index (κ2) is 2.69. The van der Waals surface area contributed by atoms with E-state index in [1.165, 1.54) is 14.0 Å². The highest BCUT2D eigenvalue weighted by Gasteiger charge is 2.27. The van der Waals surface area contributed by atoms with Gasteiger partial charge in [-0.3, -0.25) is 0 Å². The van der Waals surface area contributed by atoms with Gasteiger partial charge >= 0.3 is 6.08 Å². The van der Waals surface area contributed by atoms with Gasteiger partial charge in [0.15, 0.2) is 0 Å². The molecule has 1 atom stereocenters. The summed E-state index contributed by atoms with van der Waals surface area (Å²) in [5.74, 6) is 0. The molecule has 1 aliphatic rings. The van der Waals surface area contributed by atoms with E-state index in [9.17, 15) is 8.42 Å². The van der Waals surface area contributed by atoms with Crippen LogP contribution in [0.2, 0.25) is 0 Å². The van der Waals surface area contributed by atoms with Crippen LogP contribution in [0.4, 0.5) is 0 Å². The Bertz CT molecular complexity index is 268. The van der Waals surface area contributed by atoms with Gasteiger partial charge in [0.1, 0.15) is 11.9 Å². The van der Waals surface area contributed by atoms with Crippen LogP contribution in [0.5, 0.6) is 0 Å². The molecule has 0 aromatic rings. The monoisotopic (exact) mass is 179 g/mol. The van der Waals surface area contributed by atoms with Crippen molar-refractivity contribution in [3.05, 3.63) is 0 Å². The van der Waals surface area contributed by atoms with Gasteiger partial charge in [0.2, 0.25) is 0 Å². The predicted molar refractivity (Wildman–Crippen MR) is 38.8 cm³/mol. The lowest BCUT2D eigenvalue weighted by molar-refractivity contribution is 0.194. The molecular weight excluding hydrogens is 170 g/mol. The van der Waals surface area contributed by atoms with Gasteiger partial charge < -0.3 is 9.47 Å². The Morgan fingerprint density at radius 3 is 2.82 bits per heavy atom. The molecule has 0 saturated carbocycles. The van der Waals surface area contributed by atoms with Gasteiger partial charge in [-0.15, -0.1) is 0 Å². The van der Waals surface area contributed by atoms with Crippen LogP contribution in [0, 0.1) is 0 Å². The van der Waals surface area contributed by atoms with Crippen molar-refractivity contribution in [3.8, 4) is 0 Å². The summed E-state index contributed by atoms with van der Waals surface area (Å²) in [5.41, 5.74) is 0. The van der Waals surface area contributed by atoms with E-state index < -0.39 is 15.3 Å². The van der Waals surface area contributed by atoms with Gasteiger partial charge in [-0.1, -0.05) is 4.40 Å². The van der Waals surface area contributed by atoms with Crippen LogP contribution in [0.3, 0.4) is 0 Å². The first-order valence-electron chi connectivity index (χ1n) is 3.07. The summed E-state index contributed by atoms with van der Waals surface area (Å²) in [6, 6.07) is 0. The van der Waals surface area contributed by atoms with Crippen molar-refractivity contribution in [2.75, 3.05) is 13.7 Å². The average molecular weight is 179 g/mol. The minimum Gasteiger partial charge on any atom is -0.453 e. The minimum atomic E-state index is -3.38. The van der Waals surface area contributed by atoms with Gasteiger partial charge in [-0.25, -0.2) is 8.42 Å². The molecular formula is C5H9NO4S. The van der Waals surface area contributed by atoms with E-state index in [-0.39, 0.29) is 12.7 Å². The van der Waals surface area contributed by atoms with Crippen LogP contribution >= 0.6 is 0 Å². The predicted octanol–water partition coefficient (Wildman–Crippen LogP) is -0.263. The molecule has 0 fully saturated rings. The number of ether oxygens (including phenoxy) is 2. The number of methoxy groups -OCH3 is 1. The molecule has 11 heavy (non-hydrogen) atoms. The normalized spacial score (nSPS) is 28.5. The maximum atomic E-state index is 11.0. The van der Waals surface area contributed by atoms with Gasteiger partial charge in [0, 0.05) is 0 Å². The van der Waals surface area contributed by atoms with E-state index in [0.717, 1.165) is 0 Å². The maximum absolute atomic E-state index is 11.0. The molecule has 1 aliphatic heterocycles. The fourth-order valence-electron chi connectivity index (χ4n) is 0.591. The lowest BCUT2D eigenvalue weighted by Crippen LogP contribution is -2.30. The van der Waals surface area contributed by atoms with Crippen LogP contribution in [0.15, 0.2) is 4.40 Å². The molecule has 0 radical (unpaired) electrons. The molecule has 1 heterocycles. The Labute approximate surface area is 65.1 Å². The Kier molecular flexibility index (Phi) is 2.03. The Hall–Kier alpha value is -0.780. The minimum absolute atomic E-state index is 0.106. The van der Waals surface area contributed by atoms with Crippen molar-refractivity contribution < 1.29 is 17.9 Å². The van der Waals surface area contributed by atoms with Crippen LogP contribution in [-0.4, -0.2) is 33.5 Å². The Morgan fingerprint density at radius 1 is 1.73 bits per heavy atom. The third-order valence-corrected chi connectivity index (χ3v) is 2.88. The summed E-state index contributed by atoms with van der Waals surface area (Å²) in [6.07, 6.45) is -0.178. The summed E-state index contributed by atoms with van der Waals surface area (Å²) < 4.78 is 34.6. The third-order valence-electron chi connectivity index (χ3n) is 1.33. The van der Waals surface area contributed by atoms with Gasteiger partial charge in [-0.2, -0.15) is 0 Å². The average Bonchev–Trinajstić information content (AvgIpc) is 1.95. The highest BCUT2D eigenvalue weighted by atomic mass is 32.2. The first-order chi connectivity index (χ1) is 5.06. The lowest BCUT2D eigenvalue weighted by atomic mass is 10.5. The van der Waals surface area contributed by atoms with Crippen LogP contribution in [0.25, 0.3) is 0 Å². The molecule has 0 N–H and O–H groups in total. The van der Waals surface area contributed by atoms with Crippen molar-refractivity contribution in [2.45, 2.75) is 12.2 Å². The highest BCUT2D eigenvalue weighted by molar-refractivity contribution is 7.90. The second-order valence-electron chi connectivity index (χ2n) is 2.20. The fraction of sp³-hybridized carbons (Fsp3) is 0.800. The number of hydrogen-bond donors (Lipinski definition) is 0. The van der Waals surface area contributed by atoms with E-state index in [1.54, 1.807) is 0 Å². The van der Waals surface area contributed by atoms with E-state index in [4.69, 9.17) is 4.74 Å². The van der Waals surface area contributed by atoms with Crippen LogP contribution < -0.4 is 0 Å². The summed E-state index contributed by atoms with van der Waals surface area (Å²) in [4.78, 5) is 0. The zero-order valence-corrected chi connectivity index (χ0v) is 7.09. The number of hydrogen-bond acceptors (Lipinski definition) is 4. The lowest BCUT2D eigenvalue weighted by Gasteiger charge is -2.16. The number of nitrogens with zero attached hydrogens (tertiary/aromatic N) is 1. The standard InChI is InChI=1S/C5H9NO4S/c1-4-3-10-5(9-2)6-11(4,7)8/h4H,3H2,1-2H3/t4-/m0/s1. The van der Waals surface area contributed by atoms with Crippen molar-refractivity contribution >= 4 is 16.1 Å². The highest BCUT2D eigenvalue weighted by Crippen LogP contribution is 2.10. The summed E-state index contributed by atoms with van der Waals surface area (Å²) >= 11 is 0. The van der Waals surface area contributed by atoms with Gasteiger partial charge in [-0.05, 0) is 6.92 Å². The van der Waals surface area contributed by atoms with E-state index in [0.29, 0.717) is 0 Å². The van der Waals surface area contributed by atoms with Gasteiger partial charge in [0.05, 0.1) is 7.11 Å². The zero-order chi connectivity index (χ0) is 8.48. The topological polar surface area (TPSA) is 65.0 Å². The Morgan fingerprint density at radius 2 is 2.36 bits per heavy atom. The summed E-state index contributed by atoms with van der Waals surface area (Å²) in [7, 11) is -2.07. The zero-order valence-electron chi connectivity index (χ0n) is 6.27. The van der Waals surface area contributed by atoms with Crippen molar-refractivity contribution in [1.82, 2.24) is 0 Å². The van der Waals surface area contributed by atoms with E-state index >= 15 is 0 Å². The van der Waals surface area contributed by atoms with E-state index in [1.807, 2.05) is 0 Å². The molecule has 64 valence electrons. The molecule has 0 aromatic heterocycles.